The highest BCUT2D eigenvalue weighted by Crippen LogP contribution is 2.24. The summed E-state index contributed by atoms with van der Waals surface area (Å²) in [6, 6.07) is 9.70. The normalized spacial score (nSPS) is 13.3. The van der Waals surface area contributed by atoms with Gasteiger partial charge in [0.05, 0.1) is 6.10 Å². The minimum absolute atomic E-state index is 0.196. The van der Waals surface area contributed by atoms with Gasteiger partial charge in [-0.3, -0.25) is 4.79 Å². The topological polar surface area (TPSA) is 46.5 Å². The van der Waals surface area contributed by atoms with E-state index in [9.17, 15) is 9.90 Å². The molecule has 3 heteroatoms. The average Bonchev–Trinajstić information content (AvgIpc) is 2.37. The van der Waals surface area contributed by atoms with Crippen LogP contribution in [-0.4, -0.2) is 23.1 Å². The Morgan fingerprint density at radius 1 is 1.32 bits per heavy atom. The molecule has 0 bridgehead atoms. The van der Waals surface area contributed by atoms with Gasteiger partial charge in [0, 0.05) is 13.0 Å². The quantitative estimate of drug-likeness (QED) is 0.733. The van der Waals surface area contributed by atoms with E-state index in [2.05, 4.69) is 6.92 Å². The van der Waals surface area contributed by atoms with Gasteiger partial charge in [-0.25, -0.2) is 0 Å². The van der Waals surface area contributed by atoms with E-state index in [-0.39, 0.29) is 18.3 Å². The Morgan fingerprint density at radius 3 is 2.47 bits per heavy atom. The lowest BCUT2D eigenvalue weighted by molar-refractivity contribution is -0.137. The first-order valence-electron chi connectivity index (χ1n) is 6.87. The molecule has 0 saturated carbocycles. The van der Waals surface area contributed by atoms with Crippen LogP contribution in [0.4, 0.5) is 0 Å². The Balaban J connectivity index is 2.73. The van der Waals surface area contributed by atoms with Crippen molar-refractivity contribution in [2.45, 2.75) is 51.7 Å². The number of aliphatic hydroxyl groups is 1. The molecular weight excluding hydrogens is 240 g/mol. The molecule has 0 aromatic heterocycles. The molecule has 19 heavy (non-hydrogen) atoms. The van der Waals surface area contributed by atoms with Crippen LogP contribution in [0.2, 0.25) is 0 Å². The highest BCUT2D eigenvalue weighted by molar-refractivity contribution is 5.86. The number of carbonyl (C=O) groups excluding carboxylic acids is 1. The number of ether oxygens (including phenoxy) is 1. The van der Waals surface area contributed by atoms with E-state index in [1.165, 1.54) is 13.8 Å². The second-order valence-electron chi connectivity index (χ2n) is 5.31. The van der Waals surface area contributed by atoms with Crippen molar-refractivity contribution < 1.29 is 14.6 Å². The van der Waals surface area contributed by atoms with E-state index in [1.54, 1.807) is 0 Å². The molecule has 0 heterocycles. The van der Waals surface area contributed by atoms with Crippen molar-refractivity contribution in [3.8, 4) is 0 Å². The monoisotopic (exact) mass is 264 g/mol. The van der Waals surface area contributed by atoms with Gasteiger partial charge in [-0.2, -0.15) is 0 Å². The zero-order valence-corrected chi connectivity index (χ0v) is 12.1. The van der Waals surface area contributed by atoms with Crippen molar-refractivity contribution >= 4 is 5.78 Å². The molecule has 0 saturated heterocycles. The van der Waals surface area contributed by atoms with E-state index in [1.807, 2.05) is 30.3 Å². The first-order chi connectivity index (χ1) is 8.95. The van der Waals surface area contributed by atoms with Gasteiger partial charge in [-0.1, -0.05) is 43.7 Å². The summed E-state index contributed by atoms with van der Waals surface area (Å²) in [4.78, 5) is 12.0. The van der Waals surface area contributed by atoms with Gasteiger partial charge in [-0.15, -0.1) is 0 Å². The van der Waals surface area contributed by atoms with Gasteiger partial charge in [0.25, 0.3) is 0 Å². The number of ketones is 1. The fourth-order valence-electron chi connectivity index (χ4n) is 1.73. The van der Waals surface area contributed by atoms with Gasteiger partial charge < -0.3 is 9.84 Å². The lowest BCUT2D eigenvalue weighted by Crippen LogP contribution is -2.32. The molecule has 0 aliphatic rings. The predicted octanol–water partition coefficient (Wildman–Crippen LogP) is 3.27. The largest absolute Gasteiger partial charge is 0.383 e. The Morgan fingerprint density at radius 2 is 1.95 bits per heavy atom. The molecule has 0 radical (unpaired) electrons. The van der Waals surface area contributed by atoms with Crippen LogP contribution >= 0.6 is 0 Å². The van der Waals surface area contributed by atoms with Crippen LogP contribution in [0, 0.1) is 0 Å². The maximum atomic E-state index is 12.0. The Kier molecular flexibility index (Phi) is 6.19. The number of Topliss-reactive ketones (excluding diaryl/α,β-unsaturated/α-hetero) is 1. The Bertz CT molecular complexity index is 379. The summed E-state index contributed by atoms with van der Waals surface area (Å²) in [7, 11) is 0. The highest BCUT2D eigenvalue weighted by Gasteiger charge is 2.27. The fraction of sp³-hybridized carbons (Fsp3) is 0.562. The zero-order valence-electron chi connectivity index (χ0n) is 12.1. The molecule has 0 amide bonds. The zero-order chi connectivity index (χ0) is 14.3. The highest BCUT2D eigenvalue weighted by atomic mass is 16.5. The number of carbonyl (C=O) groups is 1. The SMILES string of the molecule is CCCCOC(CC(=O)C(C)(C)O)c1ccccc1. The van der Waals surface area contributed by atoms with E-state index in [4.69, 9.17) is 4.74 Å². The molecule has 1 aromatic rings. The van der Waals surface area contributed by atoms with E-state index >= 15 is 0 Å². The second-order valence-corrected chi connectivity index (χ2v) is 5.31. The van der Waals surface area contributed by atoms with Crippen molar-refractivity contribution in [2.24, 2.45) is 0 Å². The van der Waals surface area contributed by atoms with Crippen LogP contribution < -0.4 is 0 Å². The molecule has 106 valence electrons. The Hall–Kier alpha value is -1.19. The first-order valence-corrected chi connectivity index (χ1v) is 6.87. The molecule has 0 fully saturated rings. The van der Waals surface area contributed by atoms with Gasteiger partial charge in [0.1, 0.15) is 5.60 Å². The van der Waals surface area contributed by atoms with Crippen molar-refractivity contribution in [3.05, 3.63) is 35.9 Å². The van der Waals surface area contributed by atoms with Crippen LogP contribution in [0.1, 0.15) is 51.7 Å². The number of rotatable bonds is 8. The molecule has 0 spiro atoms. The van der Waals surface area contributed by atoms with E-state index in [0.29, 0.717) is 6.61 Å². The minimum Gasteiger partial charge on any atom is -0.383 e. The molecule has 1 unspecified atom stereocenters. The summed E-state index contributed by atoms with van der Waals surface area (Å²) in [6.45, 7) is 5.77. The summed E-state index contributed by atoms with van der Waals surface area (Å²) in [5.41, 5.74) is -0.322. The van der Waals surface area contributed by atoms with Crippen LogP contribution in [0.5, 0.6) is 0 Å². The van der Waals surface area contributed by atoms with Gasteiger partial charge >= 0.3 is 0 Å². The van der Waals surface area contributed by atoms with Gasteiger partial charge in [0.2, 0.25) is 0 Å². The summed E-state index contributed by atoms with van der Waals surface area (Å²) < 4.78 is 5.80. The summed E-state index contributed by atoms with van der Waals surface area (Å²) >= 11 is 0. The fourth-order valence-corrected chi connectivity index (χ4v) is 1.73. The van der Waals surface area contributed by atoms with Crippen molar-refractivity contribution in [2.75, 3.05) is 6.61 Å². The lowest BCUT2D eigenvalue weighted by Gasteiger charge is -2.22. The minimum atomic E-state index is -1.30. The molecular formula is C16H24O3. The van der Waals surface area contributed by atoms with Crippen LogP contribution in [0.25, 0.3) is 0 Å². The molecule has 3 nitrogen and oxygen atoms in total. The lowest BCUT2D eigenvalue weighted by atomic mass is 9.95. The van der Waals surface area contributed by atoms with E-state index < -0.39 is 5.60 Å². The number of hydrogen-bond acceptors (Lipinski definition) is 3. The van der Waals surface area contributed by atoms with Crippen LogP contribution in [0.3, 0.4) is 0 Å². The molecule has 1 aromatic carbocycles. The van der Waals surface area contributed by atoms with Gasteiger partial charge in [-0.05, 0) is 25.8 Å². The third-order valence-corrected chi connectivity index (χ3v) is 3.04. The van der Waals surface area contributed by atoms with Crippen molar-refractivity contribution in [3.63, 3.8) is 0 Å². The number of hydrogen-bond donors (Lipinski definition) is 1. The predicted molar refractivity (Wildman–Crippen MR) is 76.0 cm³/mol. The van der Waals surface area contributed by atoms with Crippen molar-refractivity contribution in [1.29, 1.82) is 0 Å². The van der Waals surface area contributed by atoms with Crippen LogP contribution in [-0.2, 0) is 9.53 Å². The number of benzene rings is 1. The van der Waals surface area contributed by atoms with Crippen molar-refractivity contribution in [1.82, 2.24) is 0 Å². The number of unbranched alkanes of at least 4 members (excludes halogenated alkanes) is 1. The molecule has 1 rings (SSSR count). The average molecular weight is 264 g/mol. The third kappa shape index (κ3) is 5.53. The van der Waals surface area contributed by atoms with Gasteiger partial charge in [0.15, 0.2) is 5.78 Å². The maximum Gasteiger partial charge on any atom is 0.166 e. The Labute approximate surface area is 115 Å². The smallest absolute Gasteiger partial charge is 0.166 e. The molecule has 0 aliphatic carbocycles. The first kappa shape index (κ1) is 15.9. The summed E-state index contributed by atoms with van der Waals surface area (Å²) in [5.74, 6) is -0.196. The third-order valence-electron chi connectivity index (χ3n) is 3.04. The molecule has 0 aliphatic heterocycles. The van der Waals surface area contributed by atoms with E-state index in [0.717, 1.165) is 18.4 Å². The summed E-state index contributed by atoms with van der Waals surface area (Å²) in [6.07, 6.45) is 1.96. The second kappa shape index (κ2) is 7.41. The van der Waals surface area contributed by atoms with Crippen LogP contribution in [0.15, 0.2) is 30.3 Å². The maximum absolute atomic E-state index is 12.0. The standard InChI is InChI=1S/C16H24O3/c1-4-5-11-19-14(12-15(17)16(2,3)18)13-9-7-6-8-10-13/h6-10,14,18H,4-5,11-12H2,1-3H3. The summed E-state index contributed by atoms with van der Waals surface area (Å²) in [5, 5.41) is 9.75. The molecule has 1 atom stereocenters. The molecule has 1 N–H and O–H groups in total.